The summed E-state index contributed by atoms with van der Waals surface area (Å²) in [5, 5.41) is 9.82. The molecule has 8 heteroatoms. The first-order valence-corrected chi connectivity index (χ1v) is 10.7. The highest BCUT2D eigenvalue weighted by Crippen LogP contribution is 2.29. The van der Waals surface area contributed by atoms with Crippen LogP contribution in [-0.2, 0) is 11.2 Å². The minimum Gasteiger partial charge on any atom is -0.497 e. The smallest absolute Gasteiger partial charge is 0.227 e. The zero-order valence-corrected chi connectivity index (χ0v) is 18.6. The fourth-order valence-electron chi connectivity index (χ4n) is 3.55. The van der Waals surface area contributed by atoms with Crippen molar-refractivity contribution in [2.45, 2.75) is 6.42 Å². The lowest BCUT2D eigenvalue weighted by atomic mass is 10.1. The molecule has 0 saturated carbocycles. The van der Waals surface area contributed by atoms with Gasteiger partial charge >= 0.3 is 0 Å². The second kappa shape index (κ2) is 9.54. The molecule has 0 bridgehead atoms. The molecule has 0 aliphatic carbocycles. The summed E-state index contributed by atoms with van der Waals surface area (Å²) in [6.45, 7) is 2.73. The molecule has 1 saturated heterocycles. The number of ether oxygens (including phenoxy) is 1. The average Bonchev–Trinajstić information content (AvgIpc) is 2.80. The number of rotatable bonds is 5. The van der Waals surface area contributed by atoms with E-state index in [0.29, 0.717) is 48.3 Å². The molecule has 31 heavy (non-hydrogen) atoms. The van der Waals surface area contributed by atoms with Gasteiger partial charge in [-0.3, -0.25) is 4.79 Å². The van der Waals surface area contributed by atoms with Gasteiger partial charge in [-0.2, -0.15) is 0 Å². The molecule has 0 spiro atoms. The Labute approximate surface area is 191 Å². The van der Waals surface area contributed by atoms with Crippen LogP contribution in [0.4, 0.5) is 5.82 Å². The van der Waals surface area contributed by atoms with Gasteiger partial charge in [-0.25, -0.2) is 0 Å². The number of nitrogens with zero attached hydrogens (tertiary/aromatic N) is 4. The van der Waals surface area contributed by atoms with E-state index < -0.39 is 0 Å². The molecule has 1 aliphatic rings. The Morgan fingerprint density at radius 2 is 1.71 bits per heavy atom. The third-order valence-corrected chi connectivity index (χ3v) is 5.88. The van der Waals surface area contributed by atoms with Crippen LogP contribution in [0.25, 0.3) is 11.3 Å². The van der Waals surface area contributed by atoms with Gasteiger partial charge in [0.25, 0.3) is 0 Å². The van der Waals surface area contributed by atoms with Crippen molar-refractivity contribution in [2.75, 3.05) is 38.2 Å². The second-order valence-electron chi connectivity index (χ2n) is 7.29. The first kappa shape index (κ1) is 21.4. The van der Waals surface area contributed by atoms with Gasteiger partial charge in [-0.1, -0.05) is 35.3 Å². The van der Waals surface area contributed by atoms with Gasteiger partial charge in [-0.15, -0.1) is 10.2 Å². The molecule has 0 N–H and O–H groups in total. The van der Waals surface area contributed by atoms with Crippen molar-refractivity contribution >= 4 is 34.9 Å². The summed E-state index contributed by atoms with van der Waals surface area (Å²) in [6, 6.07) is 16.7. The molecule has 0 atom stereocenters. The van der Waals surface area contributed by atoms with Crippen molar-refractivity contribution in [3.8, 4) is 17.0 Å². The predicted octanol–water partition coefficient (Wildman–Crippen LogP) is 4.35. The highest BCUT2D eigenvalue weighted by molar-refractivity contribution is 6.36. The molecule has 4 rings (SSSR count). The zero-order valence-electron chi connectivity index (χ0n) is 17.1. The number of carbonyl (C=O) groups excluding carboxylic acids is 1. The summed E-state index contributed by atoms with van der Waals surface area (Å²) in [7, 11) is 1.63. The highest BCUT2D eigenvalue weighted by atomic mass is 35.5. The molecule has 1 aliphatic heterocycles. The van der Waals surface area contributed by atoms with E-state index in [1.807, 2.05) is 47.4 Å². The van der Waals surface area contributed by atoms with Crippen molar-refractivity contribution in [3.63, 3.8) is 0 Å². The molecule has 2 heterocycles. The van der Waals surface area contributed by atoms with Gasteiger partial charge in [-0.05, 0) is 48.0 Å². The standard InChI is InChI=1S/C23H22Cl2N4O2/c1-31-18-5-2-16(3-6-18)14-23(30)29-12-10-28(11-13-29)22-9-8-21(26-27-22)19-7-4-17(24)15-20(19)25/h2-9,15H,10-14H2,1H3. The topological polar surface area (TPSA) is 58.6 Å². The molecule has 160 valence electrons. The van der Waals surface area contributed by atoms with Gasteiger partial charge in [0.15, 0.2) is 5.82 Å². The summed E-state index contributed by atoms with van der Waals surface area (Å²) in [5.74, 6) is 1.70. The van der Waals surface area contributed by atoms with Gasteiger partial charge in [0.05, 0.1) is 24.2 Å². The second-order valence-corrected chi connectivity index (χ2v) is 8.14. The largest absolute Gasteiger partial charge is 0.497 e. The molecule has 1 aromatic heterocycles. The van der Waals surface area contributed by atoms with E-state index in [2.05, 4.69) is 15.1 Å². The monoisotopic (exact) mass is 456 g/mol. The lowest BCUT2D eigenvalue weighted by Gasteiger charge is -2.35. The number of aromatic nitrogens is 2. The molecular formula is C23H22Cl2N4O2. The number of methoxy groups -OCH3 is 1. The van der Waals surface area contributed by atoms with Crippen molar-refractivity contribution < 1.29 is 9.53 Å². The zero-order chi connectivity index (χ0) is 21.8. The Morgan fingerprint density at radius 1 is 0.968 bits per heavy atom. The number of hydrogen-bond acceptors (Lipinski definition) is 5. The Balaban J connectivity index is 1.34. The highest BCUT2D eigenvalue weighted by Gasteiger charge is 2.22. The summed E-state index contributed by atoms with van der Waals surface area (Å²) < 4.78 is 5.16. The van der Waals surface area contributed by atoms with Crippen molar-refractivity contribution in [1.29, 1.82) is 0 Å². The third-order valence-electron chi connectivity index (χ3n) is 5.33. The van der Waals surface area contributed by atoms with Crippen LogP contribution in [-0.4, -0.2) is 54.3 Å². The van der Waals surface area contributed by atoms with Crippen LogP contribution in [0.5, 0.6) is 5.75 Å². The molecule has 1 amide bonds. The van der Waals surface area contributed by atoms with Crippen molar-refractivity contribution in [2.24, 2.45) is 0 Å². The van der Waals surface area contributed by atoms with Gasteiger partial charge in [0, 0.05) is 36.8 Å². The molecule has 0 radical (unpaired) electrons. The van der Waals surface area contributed by atoms with E-state index >= 15 is 0 Å². The fourth-order valence-corrected chi connectivity index (χ4v) is 4.05. The minimum atomic E-state index is 0.128. The first-order chi connectivity index (χ1) is 15.0. The van der Waals surface area contributed by atoms with E-state index in [1.54, 1.807) is 19.2 Å². The first-order valence-electron chi connectivity index (χ1n) is 9.98. The minimum absolute atomic E-state index is 0.128. The number of hydrogen-bond donors (Lipinski definition) is 0. The number of amides is 1. The number of anilines is 1. The molecule has 1 fully saturated rings. The molecule has 2 aromatic carbocycles. The summed E-state index contributed by atoms with van der Waals surface area (Å²) >= 11 is 12.2. The Bertz CT molecular complexity index is 1050. The maximum atomic E-state index is 12.6. The van der Waals surface area contributed by atoms with E-state index in [9.17, 15) is 4.79 Å². The van der Waals surface area contributed by atoms with Gasteiger partial charge < -0.3 is 14.5 Å². The number of piperazine rings is 1. The maximum Gasteiger partial charge on any atom is 0.227 e. The SMILES string of the molecule is COc1ccc(CC(=O)N2CCN(c3ccc(-c4ccc(Cl)cc4Cl)nn3)CC2)cc1. The maximum absolute atomic E-state index is 12.6. The van der Waals surface area contributed by atoms with E-state index in [-0.39, 0.29) is 5.91 Å². The lowest BCUT2D eigenvalue weighted by molar-refractivity contribution is -0.130. The molecule has 0 unspecified atom stereocenters. The third kappa shape index (κ3) is 5.09. The van der Waals surface area contributed by atoms with Crippen LogP contribution < -0.4 is 9.64 Å². The summed E-state index contributed by atoms with van der Waals surface area (Å²) in [5.41, 5.74) is 2.47. The lowest BCUT2D eigenvalue weighted by Crippen LogP contribution is -2.49. The van der Waals surface area contributed by atoms with E-state index in [1.165, 1.54) is 0 Å². The summed E-state index contributed by atoms with van der Waals surface area (Å²) in [6.07, 6.45) is 0.389. The van der Waals surface area contributed by atoms with E-state index in [4.69, 9.17) is 27.9 Å². The molecule has 6 nitrogen and oxygen atoms in total. The number of benzene rings is 2. The van der Waals surface area contributed by atoms with Crippen LogP contribution in [0.15, 0.2) is 54.6 Å². The quantitative estimate of drug-likeness (QED) is 0.570. The van der Waals surface area contributed by atoms with Crippen LogP contribution in [0, 0.1) is 0 Å². The number of carbonyl (C=O) groups is 1. The van der Waals surface area contributed by atoms with Crippen molar-refractivity contribution in [3.05, 3.63) is 70.2 Å². The Morgan fingerprint density at radius 3 is 2.32 bits per heavy atom. The number of halogens is 2. The Kier molecular flexibility index (Phi) is 6.59. The van der Waals surface area contributed by atoms with Crippen LogP contribution in [0.2, 0.25) is 10.0 Å². The average molecular weight is 457 g/mol. The van der Waals surface area contributed by atoms with Gasteiger partial charge in [0.1, 0.15) is 5.75 Å². The van der Waals surface area contributed by atoms with E-state index in [0.717, 1.165) is 22.7 Å². The molecular weight excluding hydrogens is 435 g/mol. The van der Waals surface area contributed by atoms with Crippen molar-refractivity contribution in [1.82, 2.24) is 15.1 Å². The van der Waals surface area contributed by atoms with Crippen LogP contribution >= 0.6 is 23.2 Å². The Hall–Kier alpha value is -2.83. The molecule has 3 aromatic rings. The normalized spacial score (nSPS) is 13.9. The van der Waals surface area contributed by atoms with Crippen LogP contribution in [0.3, 0.4) is 0 Å². The van der Waals surface area contributed by atoms with Gasteiger partial charge in [0.2, 0.25) is 5.91 Å². The predicted molar refractivity (Wildman–Crippen MR) is 123 cm³/mol. The van der Waals surface area contributed by atoms with Crippen LogP contribution in [0.1, 0.15) is 5.56 Å². The fraction of sp³-hybridized carbons (Fsp3) is 0.261. The summed E-state index contributed by atoms with van der Waals surface area (Å²) in [4.78, 5) is 16.7.